The topological polar surface area (TPSA) is 81.6 Å². The zero-order chi connectivity index (χ0) is 18.5. The first-order chi connectivity index (χ1) is 12.6. The molecular formula is C19H24N4OS2. The van der Waals surface area contributed by atoms with E-state index < -0.39 is 0 Å². The van der Waals surface area contributed by atoms with E-state index in [-0.39, 0.29) is 11.7 Å². The lowest BCUT2D eigenvalue weighted by Gasteiger charge is -2.09. The lowest BCUT2D eigenvalue weighted by Crippen LogP contribution is -2.14. The van der Waals surface area contributed by atoms with Crippen LogP contribution >= 0.6 is 23.1 Å². The number of hydrogen-bond acceptors (Lipinski definition) is 5. The molecule has 5 nitrogen and oxygen atoms in total. The van der Waals surface area contributed by atoms with Gasteiger partial charge in [-0.25, -0.2) is 4.98 Å². The fraction of sp³-hybridized carbons (Fsp3) is 0.526. The van der Waals surface area contributed by atoms with Crippen molar-refractivity contribution < 1.29 is 4.79 Å². The Hall–Kier alpha value is -1.78. The summed E-state index contributed by atoms with van der Waals surface area (Å²) >= 11 is 2.97. The highest BCUT2D eigenvalue weighted by atomic mass is 32.2. The standard InChI is InChI=1S/C19H24N4OS2/c1-3-4-8-15-12(2)21-19(22-15)25-11-17(24)23-18-14(10-20)13-7-5-6-9-16(13)26-18/h3-9,11H2,1-2H3,(H,21,22)(H,23,24). The van der Waals surface area contributed by atoms with Crippen LogP contribution in [0.25, 0.3) is 0 Å². The summed E-state index contributed by atoms with van der Waals surface area (Å²) in [6.07, 6.45) is 7.49. The molecule has 0 aromatic carbocycles. The Morgan fingerprint density at radius 3 is 3.00 bits per heavy atom. The molecule has 1 amide bonds. The zero-order valence-electron chi connectivity index (χ0n) is 15.3. The Kier molecular flexibility index (Phi) is 6.38. The normalized spacial score (nSPS) is 13.3. The van der Waals surface area contributed by atoms with Gasteiger partial charge in [0.05, 0.1) is 17.0 Å². The van der Waals surface area contributed by atoms with Crippen molar-refractivity contribution in [2.45, 2.75) is 63.9 Å². The number of aromatic nitrogens is 2. The Morgan fingerprint density at radius 1 is 1.42 bits per heavy atom. The first-order valence-electron chi connectivity index (χ1n) is 9.15. The van der Waals surface area contributed by atoms with Gasteiger partial charge in [0.2, 0.25) is 5.91 Å². The largest absolute Gasteiger partial charge is 0.337 e. The van der Waals surface area contributed by atoms with Crippen LogP contribution in [-0.2, 0) is 24.1 Å². The highest BCUT2D eigenvalue weighted by Gasteiger charge is 2.21. The van der Waals surface area contributed by atoms with Crippen LogP contribution in [0.15, 0.2) is 5.16 Å². The summed E-state index contributed by atoms with van der Waals surface area (Å²) in [5.74, 6) is 0.197. The number of anilines is 1. The Balaban J connectivity index is 1.60. The van der Waals surface area contributed by atoms with Gasteiger partial charge in [-0.3, -0.25) is 4.79 Å². The number of fused-ring (bicyclic) bond motifs is 1. The maximum atomic E-state index is 12.4. The number of carbonyl (C=O) groups is 1. The number of H-pyrrole nitrogens is 1. The van der Waals surface area contributed by atoms with Crippen molar-refractivity contribution in [1.29, 1.82) is 5.26 Å². The molecule has 1 aliphatic carbocycles. The zero-order valence-corrected chi connectivity index (χ0v) is 16.9. The van der Waals surface area contributed by atoms with E-state index >= 15 is 0 Å². The molecule has 2 aromatic heterocycles. The van der Waals surface area contributed by atoms with Crippen molar-refractivity contribution in [3.8, 4) is 6.07 Å². The lowest BCUT2D eigenvalue weighted by atomic mass is 9.96. The molecule has 0 fully saturated rings. The minimum absolute atomic E-state index is 0.0886. The molecule has 138 valence electrons. The van der Waals surface area contributed by atoms with E-state index in [0.29, 0.717) is 10.6 Å². The molecule has 0 spiro atoms. The van der Waals surface area contributed by atoms with Gasteiger partial charge in [0, 0.05) is 10.6 Å². The van der Waals surface area contributed by atoms with Crippen molar-refractivity contribution in [2.24, 2.45) is 0 Å². The van der Waals surface area contributed by atoms with Crippen LogP contribution in [0.4, 0.5) is 5.00 Å². The molecule has 1 aliphatic rings. The van der Waals surface area contributed by atoms with Gasteiger partial charge < -0.3 is 10.3 Å². The van der Waals surface area contributed by atoms with Crippen LogP contribution in [0, 0.1) is 18.3 Å². The summed E-state index contributed by atoms with van der Waals surface area (Å²) in [4.78, 5) is 21.5. The maximum absolute atomic E-state index is 12.4. The fourth-order valence-electron chi connectivity index (χ4n) is 3.19. The molecule has 0 bridgehead atoms. The first-order valence-corrected chi connectivity index (χ1v) is 10.9. The number of nitrogens with zero attached hydrogens (tertiary/aromatic N) is 2. The summed E-state index contributed by atoms with van der Waals surface area (Å²) < 4.78 is 0. The van der Waals surface area contributed by atoms with E-state index in [9.17, 15) is 10.1 Å². The van der Waals surface area contributed by atoms with Gasteiger partial charge in [-0.1, -0.05) is 25.1 Å². The second-order valence-corrected chi connectivity index (χ2v) is 8.65. The number of aromatic amines is 1. The first kappa shape index (κ1) is 19.0. The lowest BCUT2D eigenvalue weighted by molar-refractivity contribution is -0.113. The average molecular weight is 389 g/mol. The van der Waals surface area contributed by atoms with Crippen molar-refractivity contribution >= 4 is 34.0 Å². The van der Waals surface area contributed by atoms with E-state index in [1.165, 1.54) is 23.1 Å². The molecule has 0 atom stereocenters. The van der Waals surface area contributed by atoms with Gasteiger partial charge in [-0.15, -0.1) is 11.3 Å². The van der Waals surface area contributed by atoms with Crippen LogP contribution in [0.5, 0.6) is 0 Å². The summed E-state index contributed by atoms with van der Waals surface area (Å²) in [6, 6.07) is 2.28. The predicted octanol–water partition coefficient (Wildman–Crippen LogP) is 4.60. The maximum Gasteiger partial charge on any atom is 0.235 e. The van der Waals surface area contributed by atoms with E-state index in [4.69, 9.17) is 0 Å². The van der Waals surface area contributed by atoms with E-state index in [1.54, 1.807) is 11.3 Å². The number of carbonyl (C=O) groups excluding carboxylic acids is 1. The Labute approximate surface area is 162 Å². The fourth-order valence-corrected chi connectivity index (χ4v) is 5.19. The highest BCUT2D eigenvalue weighted by Crippen LogP contribution is 2.37. The number of thiophene rings is 1. The van der Waals surface area contributed by atoms with E-state index in [2.05, 4.69) is 28.3 Å². The molecule has 3 rings (SSSR count). The molecule has 26 heavy (non-hydrogen) atoms. The summed E-state index contributed by atoms with van der Waals surface area (Å²) in [5.41, 5.74) is 3.99. The van der Waals surface area contributed by atoms with Crippen molar-refractivity contribution in [3.63, 3.8) is 0 Å². The third-order valence-electron chi connectivity index (χ3n) is 4.61. The molecule has 0 radical (unpaired) electrons. The molecule has 2 aromatic rings. The van der Waals surface area contributed by atoms with E-state index in [0.717, 1.165) is 60.6 Å². The number of nitriles is 1. The van der Waals surface area contributed by atoms with Crippen molar-refractivity contribution in [2.75, 3.05) is 11.1 Å². The third kappa shape index (κ3) is 4.30. The molecule has 0 aliphatic heterocycles. The number of unbranched alkanes of at least 4 members (excludes halogenated alkanes) is 1. The smallest absolute Gasteiger partial charge is 0.235 e. The number of hydrogen-bond donors (Lipinski definition) is 2. The minimum atomic E-state index is -0.0886. The molecule has 2 N–H and O–H groups in total. The highest BCUT2D eigenvalue weighted by molar-refractivity contribution is 7.99. The number of aryl methyl sites for hydroxylation is 3. The number of imidazole rings is 1. The van der Waals surface area contributed by atoms with Gasteiger partial charge in [-0.2, -0.15) is 5.26 Å². The summed E-state index contributed by atoms with van der Waals surface area (Å²) in [6.45, 7) is 4.19. The van der Waals surface area contributed by atoms with Crippen molar-refractivity contribution in [3.05, 3.63) is 27.4 Å². The number of thioether (sulfide) groups is 1. The van der Waals surface area contributed by atoms with E-state index in [1.807, 2.05) is 6.92 Å². The summed E-state index contributed by atoms with van der Waals surface area (Å²) in [7, 11) is 0. The van der Waals surface area contributed by atoms with Crippen molar-refractivity contribution in [1.82, 2.24) is 9.97 Å². The second kappa shape index (κ2) is 8.74. The summed E-state index contributed by atoms with van der Waals surface area (Å²) in [5, 5.41) is 13.9. The molecule has 7 heteroatoms. The van der Waals surface area contributed by atoms with Crippen LogP contribution in [0.2, 0.25) is 0 Å². The molecule has 2 heterocycles. The minimum Gasteiger partial charge on any atom is -0.337 e. The SMILES string of the molecule is CCCCc1nc(SCC(=O)Nc2sc3c(c2C#N)CCCC3)[nH]c1C. The van der Waals surface area contributed by atoms with Crippen LogP contribution < -0.4 is 5.32 Å². The third-order valence-corrected chi connectivity index (χ3v) is 6.69. The Bertz CT molecular complexity index is 831. The molecule has 0 saturated carbocycles. The van der Waals surface area contributed by atoms with Gasteiger partial charge in [0.25, 0.3) is 0 Å². The number of rotatable bonds is 7. The average Bonchev–Trinajstić information content (AvgIpc) is 3.17. The molecule has 0 saturated heterocycles. The predicted molar refractivity (Wildman–Crippen MR) is 107 cm³/mol. The van der Waals surface area contributed by atoms with Crippen LogP contribution in [0.3, 0.4) is 0 Å². The monoisotopic (exact) mass is 388 g/mol. The van der Waals surface area contributed by atoms with Gasteiger partial charge in [-0.05, 0) is 51.0 Å². The van der Waals surface area contributed by atoms with Crippen LogP contribution in [0.1, 0.15) is 60.0 Å². The second-order valence-electron chi connectivity index (χ2n) is 6.58. The molecule has 0 unspecified atom stereocenters. The number of nitrogens with one attached hydrogen (secondary N) is 2. The van der Waals surface area contributed by atoms with Gasteiger partial charge in [0.15, 0.2) is 5.16 Å². The quantitative estimate of drug-likeness (QED) is 0.679. The molecular weight excluding hydrogens is 364 g/mol. The van der Waals surface area contributed by atoms with Gasteiger partial charge >= 0.3 is 0 Å². The number of amides is 1. The van der Waals surface area contributed by atoms with Gasteiger partial charge in [0.1, 0.15) is 11.1 Å². The Morgan fingerprint density at radius 2 is 2.23 bits per heavy atom. The van der Waals surface area contributed by atoms with Crippen LogP contribution in [-0.4, -0.2) is 21.6 Å².